The topological polar surface area (TPSA) is 66.5 Å². The third-order valence-electron chi connectivity index (χ3n) is 8.69. The second-order valence-electron chi connectivity index (χ2n) is 10.9. The highest BCUT2D eigenvalue weighted by molar-refractivity contribution is 7.12. The molecule has 1 N–H and O–H groups in total. The van der Waals surface area contributed by atoms with Crippen LogP contribution in [-0.2, 0) is 16.6 Å². The van der Waals surface area contributed by atoms with Gasteiger partial charge in [-0.2, -0.15) is 0 Å². The van der Waals surface area contributed by atoms with Gasteiger partial charge in [-0.05, 0) is 58.8 Å². The Morgan fingerprint density at radius 1 is 1.00 bits per heavy atom. The molecule has 3 aliphatic heterocycles. The van der Waals surface area contributed by atoms with Gasteiger partial charge >= 0.3 is 0 Å². The molecule has 1 spiro atoms. The van der Waals surface area contributed by atoms with Crippen LogP contribution in [0, 0.1) is 5.92 Å². The molecule has 4 aromatic rings. The molecule has 1 saturated heterocycles. The zero-order valence-electron chi connectivity index (χ0n) is 22.3. The van der Waals surface area contributed by atoms with Crippen LogP contribution in [0.3, 0.4) is 0 Å². The zero-order valence-corrected chi connectivity index (χ0v) is 23.9. The molecule has 3 aliphatic rings. The highest BCUT2D eigenvalue weighted by Crippen LogP contribution is 2.58. The smallest absolute Gasteiger partial charge is 0.238 e. The van der Waals surface area contributed by atoms with Crippen molar-refractivity contribution in [2.75, 3.05) is 10.2 Å². The number of rotatable bonds is 6. The molecule has 1 fully saturated rings. The van der Waals surface area contributed by atoms with Crippen LogP contribution < -0.4 is 10.2 Å². The maximum absolute atomic E-state index is 14.8. The lowest BCUT2D eigenvalue weighted by molar-refractivity contribution is -0.121. The minimum absolute atomic E-state index is 0.170. The van der Waals surface area contributed by atoms with Crippen molar-refractivity contribution >= 4 is 57.9 Å². The molecule has 1 aromatic heterocycles. The van der Waals surface area contributed by atoms with Gasteiger partial charge < -0.3 is 10.2 Å². The molecule has 3 aromatic carbocycles. The van der Waals surface area contributed by atoms with E-state index >= 15 is 0 Å². The first kappa shape index (κ1) is 25.9. The van der Waals surface area contributed by atoms with Crippen molar-refractivity contribution in [2.45, 2.75) is 37.3 Å². The van der Waals surface area contributed by atoms with Crippen LogP contribution in [0.4, 0.5) is 11.4 Å². The van der Waals surface area contributed by atoms with Crippen LogP contribution in [0.15, 0.2) is 90.3 Å². The van der Waals surface area contributed by atoms with Crippen molar-refractivity contribution in [3.05, 3.63) is 122 Å². The van der Waals surface area contributed by atoms with E-state index in [1.54, 1.807) is 12.1 Å². The molecule has 0 radical (unpaired) electrons. The Kier molecular flexibility index (Phi) is 6.21. The Bertz CT molecular complexity index is 1730. The number of fused-ring (bicyclic) bond motifs is 6. The highest BCUT2D eigenvalue weighted by Gasteiger charge is 2.70. The van der Waals surface area contributed by atoms with Crippen molar-refractivity contribution in [3.8, 4) is 0 Å². The largest absolute Gasteiger partial charge is 0.352 e. The lowest BCUT2D eigenvalue weighted by Gasteiger charge is -2.37. The van der Waals surface area contributed by atoms with Gasteiger partial charge in [-0.15, -0.1) is 11.3 Å². The van der Waals surface area contributed by atoms with E-state index in [0.717, 1.165) is 35.2 Å². The molecule has 0 aliphatic carbocycles. The van der Waals surface area contributed by atoms with Gasteiger partial charge in [0.2, 0.25) is 5.91 Å². The van der Waals surface area contributed by atoms with Crippen molar-refractivity contribution in [1.29, 1.82) is 0 Å². The molecule has 204 valence electrons. The molecular weight excluding hydrogens is 552 g/mol. The van der Waals surface area contributed by atoms with Gasteiger partial charge in [0.15, 0.2) is 11.6 Å². The first-order valence-corrected chi connectivity index (χ1v) is 15.1. The van der Waals surface area contributed by atoms with Crippen LogP contribution in [0.25, 0.3) is 6.08 Å². The molecule has 4 heterocycles. The normalized spacial score (nSPS) is 23.7. The zero-order chi connectivity index (χ0) is 28.3. The first-order chi connectivity index (χ1) is 19.9. The predicted octanol–water partition coefficient (Wildman–Crippen LogP) is 7.21. The summed E-state index contributed by atoms with van der Waals surface area (Å²) >= 11 is 7.72. The average Bonchev–Trinajstić information content (AvgIpc) is 3.70. The van der Waals surface area contributed by atoms with E-state index in [4.69, 9.17) is 11.6 Å². The second kappa shape index (κ2) is 9.82. The van der Waals surface area contributed by atoms with E-state index in [9.17, 15) is 14.4 Å². The second-order valence-corrected chi connectivity index (χ2v) is 12.2. The summed E-state index contributed by atoms with van der Waals surface area (Å²) in [6.07, 6.45) is 5.83. The van der Waals surface area contributed by atoms with Crippen molar-refractivity contribution in [1.82, 2.24) is 0 Å². The Labute approximate surface area is 247 Å². The van der Waals surface area contributed by atoms with E-state index in [1.165, 1.54) is 11.3 Å². The summed E-state index contributed by atoms with van der Waals surface area (Å²) in [5.74, 6) is -1.63. The Morgan fingerprint density at radius 2 is 1.80 bits per heavy atom. The number of nitrogens with one attached hydrogen (secondary N) is 1. The third-order valence-corrected chi connectivity index (χ3v) is 9.81. The number of carbonyl (C=O) groups is 3. The summed E-state index contributed by atoms with van der Waals surface area (Å²) in [5.41, 5.74) is 3.36. The lowest BCUT2D eigenvalue weighted by atomic mass is 9.64. The quantitative estimate of drug-likeness (QED) is 0.246. The molecule has 1 amide bonds. The van der Waals surface area contributed by atoms with Crippen LogP contribution in [0.1, 0.15) is 50.1 Å². The van der Waals surface area contributed by atoms with Gasteiger partial charge in [-0.3, -0.25) is 14.4 Å². The third kappa shape index (κ3) is 3.77. The average molecular weight is 579 g/mol. The molecular formula is C34H27ClN2O3S. The number of para-hydroxylation sites is 1. The monoisotopic (exact) mass is 578 g/mol. The lowest BCUT2D eigenvalue weighted by Crippen LogP contribution is -2.51. The fourth-order valence-electron chi connectivity index (χ4n) is 7.02. The number of hydrogen-bond acceptors (Lipinski definition) is 5. The Hall–Kier alpha value is -4.00. The number of Topliss-reactive ketones (excluding diaryl/α,β-unsaturated/α-hetero) is 2. The minimum atomic E-state index is -1.32. The number of ketones is 2. The molecule has 5 nitrogen and oxygen atoms in total. The summed E-state index contributed by atoms with van der Waals surface area (Å²) < 4.78 is 0. The van der Waals surface area contributed by atoms with E-state index in [2.05, 4.69) is 12.2 Å². The number of hydrogen-bond donors (Lipinski definition) is 1. The summed E-state index contributed by atoms with van der Waals surface area (Å²) in [6.45, 7) is 2.12. The fourth-order valence-corrected chi connectivity index (χ4v) is 7.90. The fraction of sp³-hybridized carbons (Fsp3) is 0.206. The first-order valence-electron chi connectivity index (χ1n) is 13.8. The van der Waals surface area contributed by atoms with Gasteiger partial charge in [-0.1, -0.05) is 85.6 Å². The Balaban J connectivity index is 1.50. The number of aryl methyl sites for hydroxylation is 1. The van der Waals surface area contributed by atoms with Crippen LogP contribution in [0.2, 0.25) is 5.02 Å². The summed E-state index contributed by atoms with van der Waals surface area (Å²) in [4.78, 5) is 46.3. The number of benzene rings is 3. The molecule has 41 heavy (non-hydrogen) atoms. The number of carbonyl (C=O) groups excluding carboxylic acids is 3. The standard InChI is InChI=1S/C34H27ClN2O3S/c1-2-6-20-10-12-21(13-11-20)31(38)29-30(32(39)27-9-5-18-41-27)37-26-16-15-23(35)19-22(26)14-17-28(37)34(29)24-7-3-4-8-25(24)36-33(34)40/h3-5,7-19,28-30H,2,6H2,1H3,(H,36,40)/t28-,29-,30+,34+/m0/s1. The number of nitrogens with zero attached hydrogens (tertiary/aromatic N) is 1. The van der Waals surface area contributed by atoms with Gasteiger partial charge in [0.05, 0.1) is 16.8 Å². The summed E-state index contributed by atoms with van der Waals surface area (Å²) in [5, 5.41) is 5.51. The van der Waals surface area contributed by atoms with Gasteiger partial charge in [-0.25, -0.2) is 0 Å². The van der Waals surface area contributed by atoms with E-state index in [0.29, 0.717) is 21.2 Å². The molecule has 0 bridgehead atoms. The number of halogens is 1. The molecule has 0 saturated carbocycles. The van der Waals surface area contributed by atoms with Crippen molar-refractivity contribution in [2.24, 2.45) is 5.92 Å². The molecule has 4 atom stereocenters. The van der Waals surface area contributed by atoms with Crippen LogP contribution in [0.5, 0.6) is 0 Å². The Morgan fingerprint density at radius 3 is 2.56 bits per heavy atom. The van der Waals surface area contributed by atoms with E-state index in [1.807, 2.05) is 89.2 Å². The number of thiophene rings is 1. The summed E-state index contributed by atoms with van der Waals surface area (Å²) in [7, 11) is 0. The minimum Gasteiger partial charge on any atom is -0.352 e. The van der Waals surface area contributed by atoms with E-state index in [-0.39, 0.29) is 17.5 Å². The maximum atomic E-state index is 14.8. The van der Waals surface area contributed by atoms with Crippen molar-refractivity contribution in [3.63, 3.8) is 0 Å². The molecule has 7 rings (SSSR count). The SMILES string of the molecule is CCCc1ccc(C(=O)[C@@H]2[C@H](C(=O)c3cccs3)N3c4ccc(Cl)cc4C=C[C@H]3[C@@]23C(=O)Nc2ccccc23)cc1. The van der Waals surface area contributed by atoms with Crippen LogP contribution in [-0.4, -0.2) is 29.6 Å². The van der Waals surface area contributed by atoms with Crippen LogP contribution >= 0.6 is 22.9 Å². The van der Waals surface area contributed by atoms with Gasteiger partial charge in [0.1, 0.15) is 11.5 Å². The molecule has 0 unspecified atom stereocenters. The van der Waals surface area contributed by atoms with Gasteiger partial charge in [0.25, 0.3) is 0 Å². The summed E-state index contributed by atoms with van der Waals surface area (Å²) in [6, 6.07) is 22.9. The van der Waals surface area contributed by atoms with E-state index < -0.39 is 23.4 Å². The van der Waals surface area contributed by atoms with Gasteiger partial charge in [0, 0.05) is 22.0 Å². The number of anilines is 2. The molecule has 7 heteroatoms. The number of amides is 1. The predicted molar refractivity (Wildman–Crippen MR) is 164 cm³/mol. The maximum Gasteiger partial charge on any atom is 0.238 e. The highest BCUT2D eigenvalue weighted by atomic mass is 35.5. The van der Waals surface area contributed by atoms with Crippen molar-refractivity contribution < 1.29 is 14.4 Å².